The molecule has 1 aromatic rings. The van der Waals surface area contributed by atoms with Gasteiger partial charge in [0.15, 0.2) is 0 Å². The van der Waals surface area contributed by atoms with Gasteiger partial charge in [0.2, 0.25) is 5.91 Å². The fraction of sp³-hybridized carbons (Fsp3) is 0.667. The Balaban J connectivity index is 1.45. The normalized spacial score (nSPS) is 24.8. The van der Waals surface area contributed by atoms with E-state index in [0.717, 1.165) is 50.4 Å². The molecule has 3 fully saturated rings. The Bertz CT molecular complexity index is 595. The minimum Gasteiger partial charge on any atom is -0.381 e. The van der Waals surface area contributed by atoms with E-state index in [4.69, 9.17) is 4.74 Å². The van der Waals surface area contributed by atoms with Gasteiger partial charge in [0, 0.05) is 38.4 Å². The molecule has 0 spiro atoms. The quantitative estimate of drug-likeness (QED) is 0.915. The van der Waals surface area contributed by atoms with Crippen molar-refractivity contribution < 1.29 is 9.53 Å². The summed E-state index contributed by atoms with van der Waals surface area (Å²) in [5, 5.41) is 3.40. The van der Waals surface area contributed by atoms with Gasteiger partial charge in [0.05, 0.1) is 5.41 Å². The van der Waals surface area contributed by atoms with Crippen LogP contribution in [-0.2, 0) is 14.9 Å². The van der Waals surface area contributed by atoms with Crippen molar-refractivity contribution in [2.45, 2.75) is 62.9 Å². The van der Waals surface area contributed by atoms with Crippen LogP contribution in [0.2, 0.25) is 0 Å². The van der Waals surface area contributed by atoms with E-state index in [-0.39, 0.29) is 5.91 Å². The van der Waals surface area contributed by atoms with Gasteiger partial charge in [0.25, 0.3) is 0 Å². The number of piperidine rings is 1. The van der Waals surface area contributed by atoms with E-state index in [1.807, 2.05) is 0 Å². The Morgan fingerprint density at radius 1 is 1.08 bits per heavy atom. The number of hydrogen-bond donors (Lipinski definition) is 1. The Hall–Kier alpha value is -1.39. The lowest BCUT2D eigenvalue weighted by molar-refractivity contribution is -0.131. The van der Waals surface area contributed by atoms with Crippen molar-refractivity contribution in [1.82, 2.24) is 10.2 Å². The summed E-state index contributed by atoms with van der Waals surface area (Å²) < 4.78 is 5.57. The molecule has 0 unspecified atom stereocenters. The van der Waals surface area contributed by atoms with Crippen LogP contribution in [0, 0.1) is 6.92 Å². The second-order valence-corrected chi connectivity index (χ2v) is 8.08. The molecule has 0 aromatic heterocycles. The highest BCUT2D eigenvalue weighted by molar-refractivity contribution is 5.88. The summed E-state index contributed by atoms with van der Waals surface area (Å²) in [6, 6.07) is 9.67. The number of ether oxygens (including phenoxy) is 1. The van der Waals surface area contributed by atoms with Gasteiger partial charge < -0.3 is 15.0 Å². The highest BCUT2D eigenvalue weighted by atomic mass is 16.5. The first-order chi connectivity index (χ1) is 12.2. The zero-order chi connectivity index (χ0) is 17.3. The number of carbonyl (C=O) groups is 1. The van der Waals surface area contributed by atoms with Crippen molar-refractivity contribution in [2.75, 3.05) is 26.3 Å². The fourth-order valence-electron chi connectivity index (χ4n) is 4.41. The molecule has 0 bridgehead atoms. The molecule has 136 valence electrons. The van der Waals surface area contributed by atoms with Crippen LogP contribution in [0.4, 0.5) is 0 Å². The van der Waals surface area contributed by atoms with Crippen molar-refractivity contribution in [3.05, 3.63) is 35.4 Å². The van der Waals surface area contributed by atoms with Gasteiger partial charge in [-0.05, 0) is 51.0 Å². The summed E-state index contributed by atoms with van der Waals surface area (Å²) in [4.78, 5) is 15.9. The third-order valence-corrected chi connectivity index (χ3v) is 6.31. The molecule has 4 nitrogen and oxygen atoms in total. The number of hydrogen-bond acceptors (Lipinski definition) is 3. The van der Waals surface area contributed by atoms with Crippen molar-refractivity contribution in [3.63, 3.8) is 0 Å². The van der Waals surface area contributed by atoms with E-state index < -0.39 is 5.41 Å². The first-order valence-electron chi connectivity index (χ1n) is 9.87. The van der Waals surface area contributed by atoms with Crippen LogP contribution in [0.25, 0.3) is 0 Å². The molecule has 2 heterocycles. The van der Waals surface area contributed by atoms with Gasteiger partial charge in [-0.15, -0.1) is 0 Å². The first-order valence-corrected chi connectivity index (χ1v) is 9.87. The Labute approximate surface area is 150 Å². The van der Waals surface area contributed by atoms with Gasteiger partial charge >= 0.3 is 0 Å². The average molecular weight is 342 g/mol. The molecule has 1 saturated carbocycles. The molecule has 1 aromatic carbocycles. The molecule has 1 amide bonds. The molecule has 0 radical (unpaired) electrons. The number of likely N-dealkylation sites (tertiary alicyclic amines) is 1. The second-order valence-electron chi connectivity index (χ2n) is 8.08. The molecular weight excluding hydrogens is 312 g/mol. The van der Waals surface area contributed by atoms with Crippen LogP contribution in [0.3, 0.4) is 0 Å². The van der Waals surface area contributed by atoms with Crippen LogP contribution in [0.1, 0.15) is 49.7 Å². The van der Waals surface area contributed by atoms with Gasteiger partial charge in [-0.2, -0.15) is 0 Å². The molecule has 3 aliphatic rings. The number of carbonyl (C=O) groups excluding carboxylic acids is 1. The molecule has 1 aliphatic carbocycles. The van der Waals surface area contributed by atoms with Crippen molar-refractivity contribution in [1.29, 1.82) is 0 Å². The highest BCUT2D eigenvalue weighted by Gasteiger charge is 2.42. The maximum Gasteiger partial charge on any atom is 0.231 e. The fourth-order valence-corrected chi connectivity index (χ4v) is 4.41. The molecule has 25 heavy (non-hydrogen) atoms. The molecule has 2 aliphatic heterocycles. The third kappa shape index (κ3) is 3.61. The standard InChI is InChI=1S/C21H30N2O2/c1-16-2-4-17(5-3-16)21(10-14-25-15-11-21)20(24)22-18-8-12-23(13-9-18)19-6-7-19/h2-5,18-19H,6-15H2,1H3,(H,22,24). The van der Waals surface area contributed by atoms with E-state index in [2.05, 4.69) is 41.4 Å². The largest absolute Gasteiger partial charge is 0.381 e. The topological polar surface area (TPSA) is 41.6 Å². The van der Waals surface area contributed by atoms with E-state index in [0.29, 0.717) is 19.3 Å². The minimum atomic E-state index is -0.417. The van der Waals surface area contributed by atoms with Gasteiger partial charge in [-0.3, -0.25) is 4.79 Å². The predicted molar refractivity (Wildman–Crippen MR) is 98.7 cm³/mol. The molecule has 0 atom stereocenters. The SMILES string of the molecule is Cc1ccc(C2(C(=O)NC3CCN(C4CC4)CC3)CCOCC2)cc1. The molecule has 4 heteroatoms. The van der Waals surface area contributed by atoms with E-state index in [1.165, 1.54) is 18.4 Å². The number of rotatable bonds is 4. The van der Waals surface area contributed by atoms with Crippen LogP contribution in [-0.4, -0.2) is 49.2 Å². The Morgan fingerprint density at radius 2 is 1.72 bits per heavy atom. The van der Waals surface area contributed by atoms with Crippen LogP contribution in [0.5, 0.6) is 0 Å². The van der Waals surface area contributed by atoms with Crippen molar-refractivity contribution in [3.8, 4) is 0 Å². The maximum atomic E-state index is 13.3. The number of nitrogens with one attached hydrogen (secondary N) is 1. The highest BCUT2D eigenvalue weighted by Crippen LogP contribution is 2.36. The lowest BCUT2D eigenvalue weighted by atomic mass is 9.73. The van der Waals surface area contributed by atoms with Gasteiger partial charge in [0.1, 0.15) is 0 Å². The van der Waals surface area contributed by atoms with Crippen LogP contribution in [0.15, 0.2) is 24.3 Å². The summed E-state index contributed by atoms with van der Waals surface area (Å²) in [6.45, 7) is 5.70. The molecule has 2 saturated heterocycles. The zero-order valence-corrected chi connectivity index (χ0v) is 15.3. The second kappa shape index (κ2) is 7.08. The predicted octanol–water partition coefficient (Wildman–Crippen LogP) is 2.79. The number of amides is 1. The van der Waals surface area contributed by atoms with Crippen molar-refractivity contribution >= 4 is 5.91 Å². The minimum absolute atomic E-state index is 0.213. The lowest BCUT2D eigenvalue weighted by Crippen LogP contribution is -2.53. The molecule has 4 rings (SSSR count). The van der Waals surface area contributed by atoms with Crippen LogP contribution >= 0.6 is 0 Å². The maximum absolute atomic E-state index is 13.3. The number of benzene rings is 1. The van der Waals surface area contributed by atoms with E-state index in [9.17, 15) is 4.79 Å². The number of nitrogens with zero attached hydrogens (tertiary/aromatic N) is 1. The average Bonchev–Trinajstić information content (AvgIpc) is 3.49. The van der Waals surface area contributed by atoms with Crippen LogP contribution < -0.4 is 5.32 Å². The van der Waals surface area contributed by atoms with E-state index >= 15 is 0 Å². The molecule has 1 N–H and O–H groups in total. The van der Waals surface area contributed by atoms with Crippen molar-refractivity contribution in [2.24, 2.45) is 0 Å². The number of aryl methyl sites for hydroxylation is 1. The zero-order valence-electron chi connectivity index (χ0n) is 15.3. The van der Waals surface area contributed by atoms with Gasteiger partial charge in [-0.1, -0.05) is 29.8 Å². The third-order valence-electron chi connectivity index (χ3n) is 6.31. The van der Waals surface area contributed by atoms with E-state index in [1.54, 1.807) is 0 Å². The first kappa shape index (κ1) is 17.0. The Kier molecular flexibility index (Phi) is 4.83. The summed E-state index contributed by atoms with van der Waals surface area (Å²) in [5.74, 6) is 0.213. The summed E-state index contributed by atoms with van der Waals surface area (Å²) in [6.07, 6.45) is 6.47. The smallest absolute Gasteiger partial charge is 0.231 e. The molecular formula is C21H30N2O2. The Morgan fingerprint density at radius 3 is 2.32 bits per heavy atom. The summed E-state index contributed by atoms with van der Waals surface area (Å²) in [5.41, 5.74) is 1.97. The lowest BCUT2D eigenvalue weighted by Gasteiger charge is -2.39. The monoisotopic (exact) mass is 342 g/mol. The van der Waals surface area contributed by atoms with Gasteiger partial charge in [-0.25, -0.2) is 0 Å². The summed E-state index contributed by atoms with van der Waals surface area (Å²) >= 11 is 0. The summed E-state index contributed by atoms with van der Waals surface area (Å²) in [7, 11) is 0.